The zero-order valence-corrected chi connectivity index (χ0v) is 19.7. The largest absolute Gasteiger partial charge is 0.371 e. The molecule has 1 fully saturated rings. The van der Waals surface area contributed by atoms with Gasteiger partial charge in [-0.15, -0.1) is 0 Å². The number of ether oxygens (including phenoxy) is 1. The van der Waals surface area contributed by atoms with Gasteiger partial charge in [0.15, 0.2) is 5.17 Å². The second-order valence-electron chi connectivity index (χ2n) is 9.41. The van der Waals surface area contributed by atoms with Crippen molar-refractivity contribution in [3.8, 4) is 0 Å². The lowest BCUT2D eigenvalue weighted by Gasteiger charge is -2.35. The van der Waals surface area contributed by atoms with Gasteiger partial charge >= 0.3 is 0 Å². The van der Waals surface area contributed by atoms with Crippen LogP contribution < -0.4 is 0 Å². The molecule has 0 N–H and O–H groups in total. The van der Waals surface area contributed by atoms with Crippen molar-refractivity contribution in [2.45, 2.75) is 79.1 Å². The summed E-state index contributed by atoms with van der Waals surface area (Å²) in [6, 6.07) is 5.22. The smallest absolute Gasteiger partial charge is 0.269 e. The molecule has 1 aliphatic heterocycles. The van der Waals surface area contributed by atoms with Crippen LogP contribution in [0.3, 0.4) is 0 Å². The molecule has 29 heavy (non-hydrogen) atoms. The summed E-state index contributed by atoms with van der Waals surface area (Å²) in [6.07, 6.45) is 0.0791. The Morgan fingerprint density at radius 3 is 2.45 bits per heavy atom. The molecule has 0 amide bonds. The van der Waals surface area contributed by atoms with E-state index in [-0.39, 0.29) is 34.3 Å². The van der Waals surface area contributed by atoms with Gasteiger partial charge in [-0.2, -0.15) is 0 Å². The Kier molecular flexibility index (Phi) is 7.74. The van der Waals surface area contributed by atoms with Gasteiger partial charge in [0.1, 0.15) is 0 Å². The van der Waals surface area contributed by atoms with E-state index in [0.29, 0.717) is 5.92 Å². The molecule has 0 spiro atoms. The molecule has 0 unspecified atom stereocenters. The van der Waals surface area contributed by atoms with Crippen molar-refractivity contribution >= 4 is 28.3 Å². The highest BCUT2D eigenvalue weighted by molar-refractivity contribution is 8.14. The van der Waals surface area contributed by atoms with Crippen LogP contribution in [-0.4, -0.2) is 45.0 Å². The van der Waals surface area contributed by atoms with Crippen molar-refractivity contribution in [2.75, 3.05) is 12.3 Å². The highest BCUT2D eigenvalue weighted by atomic mass is 32.2. The minimum absolute atomic E-state index is 0.0791. The minimum Gasteiger partial charge on any atom is -0.371 e. The van der Waals surface area contributed by atoms with Gasteiger partial charge in [-0.1, -0.05) is 39.5 Å². The number of benzene rings is 1. The van der Waals surface area contributed by atoms with Crippen LogP contribution in [0.2, 0.25) is 0 Å². The number of thioether (sulfide) groups is 1. The lowest BCUT2D eigenvalue weighted by atomic mass is 10.0. The number of nitro benzene ring substituents is 1. The van der Waals surface area contributed by atoms with E-state index in [0.717, 1.165) is 28.7 Å². The number of amidine groups is 1. The van der Waals surface area contributed by atoms with Gasteiger partial charge in [0.25, 0.3) is 5.69 Å². The fourth-order valence-corrected chi connectivity index (χ4v) is 4.84. The van der Waals surface area contributed by atoms with Crippen LogP contribution in [-0.2, 0) is 4.74 Å². The molecule has 0 bridgehead atoms. The van der Waals surface area contributed by atoms with Gasteiger partial charge in [0, 0.05) is 24.4 Å². The summed E-state index contributed by atoms with van der Waals surface area (Å²) in [6.45, 7) is 17.8. The average molecular weight is 422 g/mol. The first-order valence-corrected chi connectivity index (χ1v) is 11.3. The Balaban J connectivity index is 2.39. The Morgan fingerprint density at radius 2 is 1.93 bits per heavy atom. The van der Waals surface area contributed by atoms with Crippen molar-refractivity contribution < 1.29 is 9.66 Å². The molecule has 1 heterocycles. The zero-order chi connectivity index (χ0) is 21.9. The Labute approximate surface area is 179 Å². The number of nitro groups is 1. The first-order chi connectivity index (χ1) is 13.4. The van der Waals surface area contributed by atoms with E-state index in [9.17, 15) is 10.1 Å². The van der Waals surface area contributed by atoms with Gasteiger partial charge < -0.3 is 9.64 Å². The van der Waals surface area contributed by atoms with Crippen LogP contribution in [0.4, 0.5) is 11.4 Å². The van der Waals surface area contributed by atoms with Crippen LogP contribution in [0.25, 0.3) is 0 Å². The second kappa shape index (κ2) is 9.47. The number of hydrogen-bond acceptors (Lipinski definition) is 5. The molecule has 1 aliphatic rings. The van der Waals surface area contributed by atoms with Crippen molar-refractivity contribution in [1.82, 2.24) is 4.90 Å². The summed E-state index contributed by atoms with van der Waals surface area (Å²) in [5.74, 6) is 1.56. The van der Waals surface area contributed by atoms with E-state index in [1.54, 1.807) is 30.0 Å². The highest BCUT2D eigenvalue weighted by Crippen LogP contribution is 2.35. The Bertz CT molecular complexity index is 756. The first kappa shape index (κ1) is 23.7. The van der Waals surface area contributed by atoms with E-state index in [1.165, 1.54) is 0 Å². The summed E-state index contributed by atoms with van der Waals surface area (Å²) in [7, 11) is 0. The van der Waals surface area contributed by atoms with Gasteiger partial charge in [0.05, 0.1) is 28.4 Å². The molecule has 2 atom stereocenters. The number of rotatable bonds is 7. The fourth-order valence-electron chi connectivity index (χ4n) is 3.53. The van der Waals surface area contributed by atoms with Crippen LogP contribution in [0, 0.1) is 16.0 Å². The number of hydrogen-bond donors (Lipinski definition) is 0. The average Bonchev–Trinajstić information content (AvgIpc) is 2.95. The second-order valence-corrected chi connectivity index (χ2v) is 10.4. The van der Waals surface area contributed by atoms with Gasteiger partial charge in [-0.05, 0) is 51.2 Å². The molecule has 0 aromatic heterocycles. The van der Waals surface area contributed by atoms with E-state index >= 15 is 0 Å². The van der Waals surface area contributed by atoms with E-state index in [1.807, 2.05) is 13.8 Å². The van der Waals surface area contributed by atoms with E-state index in [4.69, 9.17) is 9.73 Å². The van der Waals surface area contributed by atoms with Crippen LogP contribution in [0.15, 0.2) is 23.2 Å². The van der Waals surface area contributed by atoms with Crippen LogP contribution in [0.1, 0.15) is 66.9 Å². The molecule has 1 aromatic rings. The van der Waals surface area contributed by atoms with Gasteiger partial charge in [0.2, 0.25) is 0 Å². The maximum atomic E-state index is 11.2. The zero-order valence-electron chi connectivity index (χ0n) is 18.9. The van der Waals surface area contributed by atoms with Crippen molar-refractivity contribution in [2.24, 2.45) is 10.9 Å². The third-order valence-corrected chi connectivity index (χ3v) is 5.82. The molecule has 1 saturated heterocycles. The summed E-state index contributed by atoms with van der Waals surface area (Å²) in [5, 5.41) is 12.2. The third kappa shape index (κ3) is 6.44. The molecule has 6 nitrogen and oxygen atoms in total. The SMILES string of the molecule is CC(C)CN1/C(=N/c2ccc([N+](=O)[O-])cc2C(C)C)SC[C@H]1[C@@H](C)OC(C)(C)C. The van der Waals surface area contributed by atoms with E-state index in [2.05, 4.69) is 46.4 Å². The molecule has 0 radical (unpaired) electrons. The molecule has 162 valence electrons. The van der Waals surface area contributed by atoms with Crippen molar-refractivity contribution in [3.05, 3.63) is 33.9 Å². The fraction of sp³-hybridized carbons (Fsp3) is 0.682. The maximum Gasteiger partial charge on any atom is 0.269 e. The Hall–Kier alpha value is -1.60. The quantitative estimate of drug-likeness (QED) is 0.400. The number of non-ortho nitro benzene ring substituents is 1. The number of aliphatic imine (C=N–C) groups is 1. The van der Waals surface area contributed by atoms with Crippen molar-refractivity contribution in [1.29, 1.82) is 0 Å². The van der Waals surface area contributed by atoms with Crippen LogP contribution in [0.5, 0.6) is 0 Å². The summed E-state index contributed by atoms with van der Waals surface area (Å²) < 4.78 is 6.25. The molecular formula is C22H35N3O3S. The van der Waals surface area contributed by atoms with Crippen LogP contribution >= 0.6 is 11.8 Å². The van der Waals surface area contributed by atoms with Gasteiger partial charge in [-0.3, -0.25) is 10.1 Å². The minimum atomic E-state index is -0.347. The summed E-state index contributed by atoms with van der Waals surface area (Å²) in [5.41, 5.74) is 1.63. The first-order valence-electron chi connectivity index (χ1n) is 10.3. The highest BCUT2D eigenvalue weighted by Gasteiger charge is 2.36. The standard InChI is InChI=1S/C22H35N3O3S/c1-14(2)12-24-20(16(5)28-22(6,7)8)13-29-21(24)23-19-10-9-17(25(26)27)11-18(19)15(3)4/h9-11,14-16,20H,12-13H2,1-8H3/b23-21-/t16-,20+/m1/s1. The molecule has 1 aromatic carbocycles. The van der Waals surface area contributed by atoms with Crippen molar-refractivity contribution in [3.63, 3.8) is 0 Å². The lowest BCUT2D eigenvalue weighted by molar-refractivity contribution is -0.384. The molecule has 7 heteroatoms. The monoisotopic (exact) mass is 421 g/mol. The normalized spacial score (nSPS) is 20.1. The Morgan fingerprint density at radius 1 is 1.28 bits per heavy atom. The summed E-state index contributed by atoms with van der Waals surface area (Å²) >= 11 is 1.74. The predicted octanol–water partition coefficient (Wildman–Crippen LogP) is 5.98. The topological polar surface area (TPSA) is 68.0 Å². The lowest BCUT2D eigenvalue weighted by Crippen LogP contribution is -2.46. The summed E-state index contributed by atoms with van der Waals surface area (Å²) in [4.78, 5) is 18.2. The maximum absolute atomic E-state index is 11.2. The molecular weight excluding hydrogens is 386 g/mol. The number of nitrogens with zero attached hydrogens (tertiary/aromatic N) is 3. The molecule has 0 aliphatic carbocycles. The van der Waals surface area contributed by atoms with Gasteiger partial charge in [-0.25, -0.2) is 4.99 Å². The predicted molar refractivity (Wildman–Crippen MR) is 122 cm³/mol. The molecule has 0 saturated carbocycles. The molecule has 2 rings (SSSR count). The third-order valence-electron chi connectivity index (χ3n) is 4.73. The van der Waals surface area contributed by atoms with E-state index < -0.39 is 0 Å².